The number of pyridine rings is 1. The molecule has 4 rings (SSSR count). The molecule has 0 radical (unpaired) electrons. The van der Waals surface area contributed by atoms with Gasteiger partial charge in [-0.1, -0.05) is 24.3 Å². The zero-order valence-electron chi connectivity index (χ0n) is 15.0. The predicted octanol–water partition coefficient (Wildman–Crippen LogP) is 5.95. The molecule has 0 unspecified atom stereocenters. The molecule has 0 atom stereocenters. The summed E-state index contributed by atoms with van der Waals surface area (Å²) in [5, 5.41) is 5.26. The highest BCUT2D eigenvalue weighted by molar-refractivity contribution is 7.07. The van der Waals surface area contributed by atoms with Gasteiger partial charge in [0.15, 0.2) is 0 Å². The van der Waals surface area contributed by atoms with Crippen LogP contribution in [0.5, 0.6) is 11.5 Å². The fourth-order valence-corrected chi connectivity index (χ4v) is 3.94. The van der Waals surface area contributed by atoms with E-state index >= 15 is 0 Å². The number of fused-ring (bicyclic) bond motifs is 1. The van der Waals surface area contributed by atoms with Crippen LogP contribution in [0.25, 0.3) is 10.9 Å². The molecule has 4 heteroatoms. The lowest BCUT2D eigenvalue weighted by Crippen LogP contribution is -2.04. The molecular formula is C23H21NO2S. The van der Waals surface area contributed by atoms with Crippen molar-refractivity contribution in [2.24, 2.45) is 0 Å². The summed E-state index contributed by atoms with van der Waals surface area (Å²) in [5.74, 6) is 1.35. The minimum Gasteiger partial charge on any atom is -0.456 e. The molecule has 2 aromatic heterocycles. The molecule has 0 aliphatic heterocycles. The summed E-state index contributed by atoms with van der Waals surface area (Å²) < 4.78 is 6.06. The molecule has 0 bridgehead atoms. The molecule has 136 valence electrons. The average Bonchev–Trinajstić information content (AvgIpc) is 3.19. The molecule has 3 nitrogen and oxygen atoms in total. The molecule has 0 fully saturated rings. The van der Waals surface area contributed by atoms with Gasteiger partial charge in [0.2, 0.25) is 0 Å². The van der Waals surface area contributed by atoms with Crippen molar-refractivity contribution in [3.63, 3.8) is 0 Å². The topological polar surface area (TPSA) is 42.1 Å². The van der Waals surface area contributed by atoms with E-state index in [1.165, 1.54) is 23.6 Å². The Bertz CT molecular complexity index is 1080. The Balaban J connectivity index is 1.44. The number of rotatable bonds is 7. The number of hydrogen-bond acceptors (Lipinski definition) is 3. The molecule has 0 spiro atoms. The summed E-state index contributed by atoms with van der Waals surface area (Å²) in [5.41, 5.74) is 3.31. The van der Waals surface area contributed by atoms with E-state index in [0.29, 0.717) is 5.75 Å². The van der Waals surface area contributed by atoms with Gasteiger partial charge >= 0.3 is 0 Å². The second-order valence-corrected chi connectivity index (χ2v) is 7.41. The minimum absolute atomic E-state index is 0.159. The molecule has 0 aliphatic carbocycles. The fraction of sp³-hybridized carbons (Fsp3) is 0.174. The van der Waals surface area contributed by atoms with Crippen LogP contribution in [0, 0.1) is 0 Å². The first-order valence-electron chi connectivity index (χ1n) is 9.18. The van der Waals surface area contributed by atoms with Gasteiger partial charge in [0.25, 0.3) is 5.56 Å². The molecule has 0 aliphatic rings. The number of hydrogen-bond donors (Lipinski definition) is 1. The summed E-state index contributed by atoms with van der Waals surface area (Å²) >= 11 is 1.76. The van der Waals surface area contributed by atoms with Gasteiger partial charge < -0.3 is 9.72 Å². The van der Waals surface area contributed by atoms with Crippen LogP contribution in [0.15, 0.2) is 76.2 Å². The third kappa shape index (κ3) is 4.47. The van der Waals surface area contributed by atoms with Crippen molar-refractivity contribution >= 4 is 22.2 Å². The Morgan fingerprint density at radius 2 is 1.74 bits per heavy atom. The Labute approximate surface area is 162 Å². The number of aromatic nitrogens is 1. The van der Waals surface area contributed by atoms with Gasteiger partial charge in [0.1, 0.15) is 11.5 Å². The first-order chi connectivity index (χ1) is 13.3. The number of H-pyrrole nitrogens is 1. The monoisotopic (exact) mass is 375 g/mol. The van der Waals surface area contributed by atoms with Crippen molar-refractivity contribution in [1.82, 2.24) is 4.98 Å². The van der Waals surface area contributed by atoms with Crippen molar-refractivity contribution < 1.29 is 4.74 Å². The number of aryl methyl sites for hydroxylation is 2. The number of thiophene rings is 1. The standard InChI is InChI=1S/C23H21NO2S/c25-23-15-22(20-10-3-4-11-21(20)24-23)26-19-9-5-8-17(14-19)6-1-2-7-18-12-13-27-16-18/h3-5,8-16H,1-2,6-7H2,(H,24,25). The summed E-state index contributed by atoms with van der Waals surface area (Å²) in [6.07, 6.45) is 4.49. The lowest BCUT2D eigenvalue weighted by molar-refractivity contribution is 0.486. The number of unbranched alkanes of at least 4 members (excludes halogenated alkanes) is 1. The Kier molecular flexibility index (Phi) is 5.35. The summed E-state index contributed by atoms with van der Waals surface area (Å²) in [7, 11) is 0. The summed E-state index contributed by atoms with van der Waals surface area (Å²) in [6, 6.07) is 19.5. The molecular weight excluding hydrogens is 354 g/mol. The Hall–Kier alpha value is -2.85. The molecule has 4 aromatic rings. The maximum absolute atomic E-state index is 11.9. The fourth-order valence-electron chi connectivity index (χ4n) is 3.24. The lowest BCUT2D eigenvalue weighted by atomic mass is 10.1. The van der Waals surface area contributed by atoms with E-state index in [4.69, 9.17) is 4.74 Å². The number of benzene rings is 2. The maximum Gasteiger partial charge on any atom is 0.252 e. The first kappa shape index (κ1) is 17.6. The molecule has 0 saturated carbocycles. The minimum atomic E-state index is -0.159. The average molecular weight is 375 g/mol. The van der Waals surface area contributed by atoms with Crippen molar-refractivity contribution in [3.05, 3.63) is 92.9 Å². The van der Waals surface area contributed by atoms with E-state index in [0.717, 1.165) is 35.9 Å². The first-order valence-corrected chi connectivity index (χ1v) is 10.1. The summed E-state index contributed by atoms with van der Waals surface area (Å²) in [6.45, 7) is 0. The number of ether oxygens (including phenoxy) is 1. The van der Waals surface area contributed by atoms with Crippen LogP contribution in [0.3, 0.4) is 0 Å². The van der Waals surface area contributed by atoms with Gasteiger partial charge in [0.05, 0.1) is 5.52 Å². The third-order valence-corrected chi connectivity index (χ3v) is 5.33. The van der Waals surface area contributed by atoms with Gasteiger partial charge in [-0.25, -0.2) is 0 Å². The van der Waals surface area contributed by atoms with E-state index in [9.17, 15) is 4.79 Å². The molecule has 0 saturated heterocycles. The predicted molar refractivity (Wildman–Crippen MR) is 112 cm³/mol. The second-order valence-electron chi connectivity index (χ2n) is 6.63. The van der Waals surface area contributed by atoms with Crippen LogP contribution in [0.2, 0.25) is 0 Å². The summed E-state index contributed by atoms with van der Waals surface area (Å²) in [4.78, 5) is 14.7. The normalized spacial score (nSPS) is 11.0. The highest BCUT2D eigenvalue weighted by atomic mass is 32.1. The highest BCUT2D eigenvalue weighted by Gasteiger charge is 2.06. The van der Waals surface area contributed by atoms with Crippen molar-refractivity contribution in [2.75, 3.05) is 0 Å². The zero-order valence-corrected chi connectivity index (χ0v) is 15.8. The largest absolute Gasteiger partial charge is 0.456 e. The van der Waals surface area contributed by atoms with Gasteiger partial charge in [-0.05, 0) is 77.9 Å². The van der Waals surface area contributed by atoms with Crippen LogP contribution in [0.4, 0.5) is 0 Å². The van der Waals surface area contributed by atoms with Crippen LogP contribution in [0.1, 0.15) is 24.0 Å². The second kappa shape index (κ2) is 8.23. The number of para-hydroxylation sites is 1. The van der Waals surface area contributed by atoms with Gasteiger partial charge in [-0.3, -0.25) is 4.79 Å². The van der Waals surface area contributed by atoms with E-state index in [-0.39, 0.29) is 5.56 Å². The Morgan fingerprint density at radius 3 is 2.59 bits per heavy atom. The quantitative estimate of drug-likeness (QED) is 0.406. The molecule has 2 aromatic carbocycles. The smallest absolute Gasteiger partial charge is 0.252 e. The van der Waals surface area contributed by atoms with E-state index < -0.39 is 0 Å². The molecule has 1 N–H and O–H groups in total. The lowest BCUT2D eigenvalue weighted by Gasteiger charge is -2.10. The molecule has 0 amide bonds. The van der Waals surface area contributed by atoms with Crippen LogP contribution >= 0.6 is 11.3 Å². The van der Waals surface area contributed by atoms with Crippen molar-refractivity contribution in [3.8, 4) is 11.5 Å². The maximum atomic E-state index is 11.9. The zero-order chi connectivity index (χ0) is 18.5. The Morgan fingerprint density at radius 1 is 0.889 bits per heavy atom. The van der Waals surface area contributed by atoms with Gasteiger partial charge in [0, 0.05) is 11.5 Å². The molecule has 27 heavy (non-hydrogen) atoms. The van der Waals surface area contributed by atoms with E-state index in [2.05, 4.69) is 33.9 Å². The van der Waals surface area contributed by atoms with Crippen molar-refractivity contribution in [1.29, 1.82) is 0 Å². The molecule has 2 heterocycles. The van der Waals surface area contributed by atoms with Crippen molar-refractivity contribution in [2.45, 2.75) is 25.7 Å². The highest BCUT2D eigenvalue weighted by Crippen LogP contribution is 2.28. The van der Waals surface area contributed by atoms with Crippen LogP contribution in [-0.2, 0) is 12.8 Å². The van der Waals surface area contributed by atoms with Crippen LogP contribution in [-0.4, -0.2) is 4.98 Å². The van der Waals surface area contributed by atoms with Gasteiger partial charge in [-0.15, -0.1) is 0 Å². The third-order valence-electron chi connectivity index (χ3n) is 4.60. The van der Waals surface area contributed by atoms with E-state index in [1.807, 2.05) is 36.4 Å². The van der Waals surface area contributed by atoms with Gasteiger partial charge in [-0.2, -0.15) is 11.3 Å². The SMILES string of the molecule is O=c1cc(Oc2cccc(CCCCc3ccsc3)c2)c2ccccc2[nH]1. The van der Waals surface area contributed by atoms with Crippen LogP contribution < -0.4 is 10.3 Å². The number of nitrogens with one attached hydrogen (secondary N) is 1. The van der Waals surface area contributed by atoms with E-state index in [1.54, 1.807) is 11.3 Å². The number of aromatic amines is 1.